The van der Waals surface area contributed by atoms with Crippen LogP contribution in [0.5, 0.6) is 5.75 Å². The Labute approximate surface area is 132 Å². The average molecular weight is 344 g/mol. The first-order valence-electron chi connectivity index (χ1n) is 6.19. The fraction of sp³-hybridized carbons (Fsp3) is 0.143. The maximum atomic E-state index is 12.8. The minimum Gasteiger partial charge on any atom is -0.489 e. The van der Waals surface area contributed by atoms with Gasteiger partial charge >= 0.3 is 0 Å². The van der Waals surface area contributed by atoms with Gasteiger partial charge in [-0.25, -0.2) is 8.42 Å². The van der Waals surface area contributed by atoms with Crippen molar-refractivity contribution in [2.24, 2.45) is 0 Å². The number of halogens is 2. The van der Waals surface area contributed by atoms with Gasteiger partial charge in [0, 0.05) is 10.0 Å². The van der Waals surface area contributed by atoms with Crippen molar-refractivity contribution in [3.63, 3.8) is 0 Å². The number of benzene rings is 2. The molecule has 1 heterocycles. The van der Waals surface area contributed by atoms with E-state index in [2.05, 4.69) is 0 Å². The highest BCUT2D eigenvalue weighted by molar-refractivity contribution is 7.92. The predicted octanol–water partition coefficient (Wildman–Crippen LogP) is 3.58. The highest BCUT2D eigenvalue weighted by atomic mass is 35.5. The molecular formula is C14H11Cl2NO3S. The standard InChI is InChI=1S/C14H11Cl2NO3S/c15-10-1-4-12(5-2-10)21(18,19)17-7-8-20-14-6-3-11(16)9-13(14)17/h1-6,9H,7-8H2. The van der Waals surface area contributed by atoms with Crippen LogP contribution in [0, 0.1) is 0 Å². The molecule has 0 fully saturated rings. The smallest absolute Gasteiger partial charge is 0.264 e. The van der Waals surface area contributed by atoms with Crippen LogP contribution in [0.2, 0.25) is 10.0 Å². The highest BCUT2D eigenvalue weighted by Crippen LogP contribution is 2.37. The number of anilines is 1. The monoisotopic (exact) mass is 343 g/mol. The predicted molar refractivity (Wildman–Crippen MR) is 82.9 cm³/mol. The number of fused-ring (bicyclic) bond motifs is 1. The highest BCUT2D eigenvalue weighted by Gasteiger charge is 2.30. The van der Waals surface area contributed by atoms with Crippen LogP contribution in [0.25, 0.3) is 0 Å². The molecule has 0 amide bonds. The minimum absolute atomic E-state index is 0.180. The zero-order chi connectivity index (χ0) is 15.0. The van der Waals surface area contributed by atoms with Crippen LogP contribution in [0.1, 0.15) is 0 Å². The molecule has 4 nitrogen and oxygen atoms in total. The summed E-state index contributed by atoms with van der Waals surface area (Å²) < 4.78 is 32.3. The van der Waals surface area contributed by atoms with E-state index in [4.69, 9.17) is 27.9 Å². The Kier molecular flexibility index (Phi) is 3.73. The Morgan fingerprint density at radius 2 is 1.67 bits per heavy atom. The maximum absolute atomic E-state index is 12.8. The van der Waals surface area contributed by atoms with Crippen molar-refractivity contribution in [2.75, 3.05) is 17.5 Å². The Morgan fingerprint density at radius 1 is 1.00 bits per heavy atom. The molecule has 0 bridgehead atoms. The number of ether oxygens (including phenoxy) is 1. The molecule has 0 aliphatic carbocycles. The van der Waals surface area contributed by atoms with Gasteiger partial charge in [-0.3, -0.25) is 4.31 Å². The number of hydrogen-bond donors (Lipinski definition) is 0. The molecule has 2 aromatic carbocycles. The van der Waals surface area contributed by atoms with Crippen LogP contribution < -0.4 is 9.04 Å². The lowest BCUT2D eigenvalue weighted by Crippen LogP contribution is -2.37. The van der Waals surface area contributed by atoms with Crippen LogP contribution in [0.4, 0.5) is 5.69 Å². The van der Waals surface area contributed by atoms with E-state index in [9.17, 15) is 8.42 Å². The van der Waals surface area contributed by atoms with Crippen LogP contribution >= 0.6 is 23.2 Å². The van der Waals surface area contributed by atoms with Crippen molar-refractivity contribution < 1.29 is 13.2 Å². The molecule has 3 rings (SSSR count). The van der Waals surface area contributed by atoms with Crippen LogP contribution in [0.3, 0.4) is 0 Å². The SMILES string of the molecule is O=S(=O)(c1ccc(Cl)cc1)N1CCOc2ccc(Cl)cc21. The normalized spacial score (nSPS) is 14.5. The third-order valence-electron chi connectivity index (χ3n) is 3.14. The summed E-state index contributed by atoms with van der Waals surface area (Å²) in [6, 6.07) is 11.0. The van der Waals surface area contributed by atoms with E-state index in [-0.39, 0.29) is 11.4 Å². The molecule has 110 valence electrons. The lowest BCUT2D eigenvalue weighted by atomic mass is 10.2. The van der Waals surface area contributed by atoms with Crippen molar-refractivity contribution in [1.29, 1.82) is 0 Å². The third-order valence-corrected chi connectivity index (χ3v) is 5.46. The number of sulfonamides is 1. The van der Waals surface area contributed by atoms with Crippen molar-refractivity contribution >= 4 is 38.9 Å². The molecule has 2 aromatic rings. The van der Waals surface area contributed by atoms with Gasteiger partial charge in [0.05, 0.1) is 17.1 Å². The first-order valence-corrected chi connectivity index (χ1v) is 8.39. The molecule has 7 heteroatoms. The van der Waals surface area contributed by atoms with Gasteiger partial charge in [-0.15, -0.1) is 0 Å². The molecule has 1 aliphatic rings. The molecule has 0 atom stereocenters. The average Bonchev–Trinajstić information content (AvgIpc) is 2.47. The van der Waals surface area contributed by atoms with Gasteiger partial charge in [0.15, 0.2) is 0 Å². The maximum Gasteiger partial charge on any atom is 0.264 e. The Bertz CT molecular complexity index is 775. The van der Waals surface area contributed by atoms with Gasteiger partial charge in [-0.05, 0) is 42.5 Å². The minimum atomic E-state index is -3.67. The van der Waals surface area contributed by atoms with Crippen LogP contribution in [0.15, 0.2) is 47.4 Å². The molecule has 0 aromatic heterocycles. The second-order valence-electron chi connectivity index (χ2n) is 4.49. The summed E-state index contributed by atoms with van der Waals surface area (Å²) >= 11 is 11.8. The summed E-state index contributed by atoms with van der Waals surface area (Å²) in [5.74, 6) is 0.503. The van der Waals surface area contributed by atoms with Crippen LogP contribution in [-0.2, 0) is 10.0 Å². The van der Waals surface area contributed by atoms with E-state index in [0.717, 1.165) is 0 Å². The molecule has 0 unspecified atom stereocenters. The second kappa shape index (κ2) is 5.40. The summed E-state index contributed by atoms with van der Waals surface area (Å²) in [6.07, 6.45) is 0. The summed E-state index contributed by atoms with van der Waals surface area (Å²) in [5.41, 5.74) is 0.448. The van der Waals surface area contributed by atoms with E-state index < -0.39 is 10.0 Å². The second-order valence-corrected chi connectivity index (χ2v) is 7.23. The summed E-state index contributed by atoms with van der Waals surface area (Å²) in [5, 5.41) is 0.940. The van der Waals surface area contributed by atoms with Gasteiger partial charge in [0.1, 0.15) is 12.4 Å². The molecule has 0 saturated heterocycles. The van der Waals surface area contributed by atoms with E-state index >= 15 is 0 Å². The van der Waals surface area contributed by atoms with Crippen molar-refractivity contribution in [2.45, 2.75) is 4.90 Å². The topological polar surface area (TPSA) is 46.6 Å². The van der Waals surface area contributed by atoms with Gasteiger partial charge in [0.25, 0.3) is 10.0 Å². The molecule has 0 N–H and O–H groups in total. The largest absolute Gasteiger partial charge is 0.489 e. The molecule has 0 spiro atoms. The van der Waals surface area contributed by atoms with Crippen molar-refractivity contribution in [3.8, 4) is 5.75 Å². The number of rotatable bonds is 2. The summed E-state index contributed by atoms with van der Waals surface area (Å²) in [4.78, 5) is 0.180. The van der Waals surface area contributed by atoms with Crippen molar-refractivity contribution in [1.82, 2.24) is 0 Å². The molecule has 0 radical (unpaired) electrons. The molecule has 1 aliphatic heterocycles. The lowest BCUT2D eigenvalue weighted by Gasteiger charge is -2.30. The van der Waals surface area contributed by atoms with E-state index in [1.54, 1.807) is 30.3 Å². The lowest BCUT2D eigenvalue weighted by molar-refractivity contribution is 0.316. The van der Waals surface area contributed by atoms with E-state index in [0.29, 0.717) is 28.1 Å². The first kappa shape index (κ1) is 14.5. The van der Waals surface area contributed by atoms with E-state index in [1.165, 1.54) is 16.4 Å². The van der Waals surface area contributed by atoms with Gasteiger partial charge in [-0.1, -0.05) is 23.2 Å². The fourth-order valence-corrected chi connectivity index (χ4v) is 3.89. The zero-order valence-corrected chi connectivity index (χ0v) is 13.1. The Hall–Kier alpha value is -1.43. The zero-order valence-electron chi connectivity index (χ0n) is 10.8. The van der Waals surface area contributed by atoms with Crippen LogP contribution in [-0.4, -0.2) is 21.6 Å². The summed E-state index contributed by atoms with van der Waals surface area (Å²) in [6.45, 7) is 0.528. The van der Waals surface area contributed by atoms with Gasteiger partial charge in [-0.2, -0.15) is 0 Å². The Morgan fingerprint density at radius 3 is 2.38 bits per heavy atom. The van der Waals surface area contributed by atoms with E-state index in [1.807, 2.05) is 0 Å². The van der Waals surface area contributed by atoms with Gasteiger partial charge < -0.3 is 4.74 Å². The summed E-state index contributed by atoms with van der Waals surface area (Å²) in [7, 11) is -3.67. The van der Waals surface area contributed by atoms with Crippen molar-refractivity contribution in [3.05, 3.63) is 52.5 Å². The fourth-order valence-electron chi connectivity index (χ4n) is 2.15. The molecular weight excluding hydrogens is 333 g/mol. The quantitative estimate of drug-likeness (QED) is 0.837. The van der Waals surface area contributed by atoms with Gasteiger partial charge in [0.2, 0.25) is 0 Å². The number of hydrogen-bond acceptors (Lipinski definition) is 3. The molecule has 21 heavy (non-hydrogen) atoms. The Balaban J connectivity index is 2.09. The number of nitrogens with zero attached hydrogens (tertiary/aromatic N) is 1. The third kappa shape index (κ3) is 2.69. The molecule has 0 saturated carbocycles. The first-order chi connectivity index (χ1) is 9.98.